The fraction of sp³-hybridized carbons (Fsp3) is 0.222. The minimum absolute atomic E-state index is 0.0310. The Bertz CT molecular complexity index is 1270. The number of benzene rings is 1. The van der Waals surface area contributed by atoms with Crippen LogP contribution in [0.1, 0.15) is 47.2 Å². The minimum atomic E-state index is -0.0626. The van der Waals surface area contributed by atoms with Gasteiger partial charge in [0.05, 0.1) is 29.7 Å². The smallest absolute Gasteiger partial charge is 0.174 e. The summed E-state index contributed by atoms with van der Waals surface area (Å²) in [4.78, 5) is 11.2. The molecule has 1 N–H and O–H groups in total. The van der Waals surface area contributed by atoms with Gasteiger partial charge in [-0.05, 0) is 86.1 Å². The average molecular weight is 454 g/mol. The molecule has 33 heavy (non-hydrogen) atoms. The number of hydrogen-bond donors (Lipinski definition) is 1. The summed E-state index contributed by atoms with van der Waals surface area (Å²) in [5, 5.41) is 4.28. The lowest BCUT2D eigenvalue weighted by atomic mass is 9.96. The Kier molecular flexibility index (Phi) is 5.68. The second kappa shape index (κ2) is 8.79. The lowest BCUT2D eigenvalue weighted by molar-refractivity contribution is 0.565. The monoisotopic (exact) mass is 453 g/mol. The van der Waals surface area contributed by atoms with Crippen molar-refractivity contribution >= 4 is 23.0 Å². The molecule has 5 rings (SSSR count). The van der Waals surface area contributed by atoms with E-state index in [2.05, 4.69) is 88.0 Å². The van der Waals surface area contributed by atoms with Gasteiger partial charge in [-0.2, -0.15) is 0 Å². The highest BCUT2D eigenvalue weighted by molar-refractivity contribution is 7.80. The maximum Gasteiger partial charge on any atom is 0.174 e. The van der Waals surface area contributed by atoms with Crippen molar-refractivity contribution in [3.05, 3.63) is 107 Å². The Hall–Kier alpha value is -3.51. The van der Waals surface area contributed by atoms with Gasteiger partial charge in [-0.3, -0.25) is 9.97 Å². The van der Waals surface area contributed by atoms with Crippen LogP contribution in [-0.4, -0.2) is 19.6 Å². The van der Waals surface area contributed by atoms with E-state index in [1.165, 1.54) is 16.8 Å². The molecule has 1 aliphatic heterocycles. The van der Waals surface area contributed by atoms with Crippen LogP contribution in [0.5, 0.6) is 0 Å². The second-order valence-corrected chi connectivity index (χ2v) is 8.78. The van der Waals surface area contributed by atoms with Gasteiger partial charge in [-0.1, -0.05) is 25.1 Å². The molecule has 1 aliphatic rings. The van der Waals surface area contributed by atoms with Crippen LogP contribution in [0.4, 0.5) is 5.69 Å². The van der Waals surface area contributed by atoms with Crippen LogP contribution in [0.2, 0.25) is 0 Å². The zero-order chi connectivity index (χ0) is 22.9. The maximum atomic E-state index is 5.88. The van der Waals surface area contributed by atoms with Gasteiger partial charge in [-0.25, -0.2) is 0 Å². The molecule has 1 aromatic carbocycles. The minimum Gasteiger partial charge on any atom is -0.351 e. The van der Waals surface area contributed by atoms with Crippen LogP contribution in [0.25, 0.3) is 5.69 Å². The number of aryl methyl sites for hydroxylation is 2. The van der Waals surface area contributed by atoms with E-state index in [9.17, 15) is 0 Å². The molecule has 1 fully saturated rings. The van der Waals surface area contributed by atoms with Gasteiger partial charge in [0, 0.05) is 29.5 Å². The van der Waals surface area contributed by atoms with E-state index in [0.717, 1.165) is 29.2 Å². The summed E-state index contributed by atoms with van der Waals surface area (Å²) in [5.41, 5.74) is 7.98. The van der Waals surface area contributed by atoms with Gasteiger partial charge < -0.3 is 14.8 Å². The first-order chi connectivity index (χ1) is 16.1. The number of thiocarbonyl (C=S) groups is 1. The number of aromatic nitrogens is 3. The molecule has 0 bridgehead atoms. The third kappa shape index (κ3) is 3.80. The fourth-order valence-corrected chi connectivity index (χ4v) is 5.16. The standard InChI is InChI=1S/C27H27N5S/c1-4-20-10-12-21(13-11-20)32-26(25(30-27(32)33)24-9-5-6-15-29-24)23-16-18(2)31(19(23)3)22-8-7-14-28-17-22/h5-17,25-26H,4H2,1-3H3,(H,30,33). The van der Waals surface area contributed by atoms with Crippen LogP contribution in [0.15, 0.2) is 79.3 Å². The SMILES string of the molecule is CCc1ccc(N2C(=S)NC(c3ccccn3)C2c2cc(C)n(-c3cccnc3)c2C)cc1. The molecule has 0 amide bonds. The number of nitrogens with one attached hydrogen (secondary N) is 1. The molecule has 0 aliphatic carbocycles. The van der Waals surface area contributed by atoms with E-state index in [-0.39, 0.29) is 12.1 Å². The van der Waals surface area contributed by atoms with E-state index >= 15 is 0 Å². The average Bonchev–Trinajstić information content (AvgIpc) is 3.35. The summed E-state index contributed by atoms with van der Waals surface area (Å²) >= 11 is 5.88. The Morgan fingerprint density at radius 2 is 1.79 bits per heavy atom. The van der Waals surface area contributed by atoms with Crippen molar-refractivity contribution in [3.8, 4) is 5.69 Å². The molecule has 2 unspecified atom stereocenters. The molecule has 0 spiro atoms. The molecule has 0 saturated carbocycles. The molecular weight excluding hydrogens is 426 g/mol. The van der Waals surface area contributed by atoms with Crippen LogP contribution < -0.4 is 10.2 Å². The summed E-state index contributed by atoms with van der Waals surface area (Å²) in [6.07, 6.45) is 6.56. The van der Waals surface area contributed by atoms with Gasteiger partial charge in [-0.15, -0.1) is 0 Å². The third-order valence-electron chi connectivity index (χ3n) is 6.41. The van der Waals surface area contributed by atoms with E-state index in [1.54, 1.807) is 6.20 Å². The second-order valence-electron chi connectivity index (χ2n) is 8.39. The normalized spacial score (nSPS) is 17.9. The molecule has 6 heteroatoms. The predicted molar refractivity (Wildman–Crippen MR) is 137 cm³/mol. The number of anilines is 1. The van der Waals surface area contributed by atoms with Gasteiger partial charge in [0.25, 0.3) is 0 Å². The van der Waals surface area contributed by atoms with Crippen molar-refractivity contribution in [1.29, 1.82) is 0 Å². The first-order valence-electron chi connectivity index (χ1n) is 11.3. The maximum absolute atomic E-state index is 5.88. The molecular formula is C27H27N5S. The molecule has 166 valence electrons. The molecule has 3 aromatic heterocycles. The highest BCUT2D eigenvalue weighted by Gasteiger charge is 2.42. The van der Waals surface area contributed by atoms with Crippen LogP contribution in [0.3, 0.4) is 0 Å². The van der Waals surface area contributed by atoms with Crippen molar-refractivity contribution in [2.24, 2.45) is 0 Å². The highest BCUT2D eigenvalue weighted by atomic mass is 32.1. The summed E-state index contributed by atoms with van der Waals surface area (Å²) in [7, 11) is 0. The Balaban J connectivity index is 1.66. The Labute approximate surface area is 200 Å². The van der Waals surface area contributed by atoms with Gasteiger partial charge in [0.1, 0.15) is 0 Å². The van der Waals surface area contributed by atoms with Crippen molar-refractivity contribution < 1.29 is 0 Å². The van der Waals surface area contributed by atoms with Gasteiger partial charge >= 0.3 is 0 Å². The zero-order valence-corrected chi connectivity index (χ0v) is 19.9. The molecule has 2 atom stereocenters. The molecule has 4 heterocycles. The lowest BCUT2D eigenvalue weighted by Gasteiger charge is -2.28. The summed E-state index contributed by atoms with van der Waals surface area (Å²) < 4.78 is 2.26. The predicted octanol–water partition coefficient (Wildman–Crippen LogP) is 5.62. The van der Waals surface area contributed by atoms with Crippen LogP contribution >= 0.6 is 12.2 Å². The fourth-order valence-electron chi connectivity index (χ4n) is 4.81. The number of rotatable bonds is 5. The largest absolute Gasteiger partial charge is 0.351 e. The Morgan fingerprint density at radius 1 is 0.970 bits per heavy atom. The molecule has 4 aromatic rings. The number of pyridine rings is 2. The summed E-state index contributed by atoms with van der Waals surface area (Å²) in [6, 6.07) is 21.0. The van der Waals surface area contributed by atoms with Crippen LogP contribution in [-0.2, 0) is 6.42 Å². The number of hydrogen-bond acceptors (Lipinski definition) is 3. The summed E-state index contributed by atoms with van der Waals surface area (Å²) in [5.74, 6) is 0. The lowest BCUT2D eigenvalue weighted by Crippen LogP contribution is -2.29. The van der Waals surface area contributed by atoms with E-state index in [4.69, 9.17) is 12.2 Å². The number of nitrogens with zero attached hydrogens (tertiary/aromatic N) is 4. The summed E-state index contributed by atoms with van der Waals surface area (Å²) in [6.45, 7) is 6.48. The molecule has 1 saturated heterocycles. The van der Waals surface area contributed by atoms with Crippen LogP contribution in [0, 0.1) is 13.8 Å². The van der Waals surface area contributed by atoms with Crippen molar-refractivity contribution in [2.75, 3.05) is 4.90 Å². The molecule has 5 nitrogen and oxygen atoms in total. The van der Waals surface area contributed by atoms with Gasteiger partial charge in [0.15, 0.2) is 5.11 Å². The van der Waals surface area contributed by atoms with E-state index < -0.39 is 0 Å². The van der Waals surface area contributed by atoms with Crippen molar-refractivity contribution in [1.82, 2.24) is 19.9 Å². The zero-order valence-electron chi connectivity index (χ0n) is 19.1. The van der Waals surface area contributed by atoms with E-state index in [1.807, 2.05) is 30.6 Å². The first kappa shape index (κ1) is 21.3. The quantitative estimate of drug-likeness (QED) is 0.397. The molecule has 0 radical (unpaired) electrons. The van der Waals surface area contributed by atoms with Gasteiger partial charge in [0.2, 0.25) is 0 Å². The third-order valence-corrected chi connectivity index (χ3v) is 6.73. The van der Waals surface area contributed by atoms with Crippen molar-refractivity contribution in [2.45, 2.75) is 39.3 Å². The Morgan fingerprint density at radius 3 is 2.45 bits per heavy atom. The van der Waals surface area contributed by atoms with Crippen molar-refractivity contribution in [3.63, 3.8) is 0 Å². The first-order valence-corrected chi connectivity index (χ1v) is 11.7. The highest BCUT2D eigenvalue weighted by Crippen LogP contribution is 2.43. The van der Waals surface area contributed by atoms with E-state index in [0.29, 0.717) is 5.11 Å². The topological polar surface area (TPSA) is 46.0 Å².